The third-order valence-corrected chi connectivity index (χ3v) is 11.3. The first kappa shape index (κ1) is 31.2. The molecule has 3 N–H and O–H groups in total. The van der Waals surface area contributed by atoms with Crippen molar-refractivity contribution in [2.45, 2.75) is 86.8 Å². The zero-order valence-electron chi connectivity index (χ0n) is 26.0. The van der Waals surface area contributed by atoms with E-state index in [1.54, 1.807) is 12.1 Å². The van der Waals surface area contributed by atoms with E-state index in [1.165, 1.54) is 4.90 Å². The molecule has 5 atom stereocenters. The third kappa shape index (κ3) is 6.71. The quantitative estimate of drug-likeness (QED) is 0.321. The van der Waals surface area contributed by atoms with Crippen molar-refractivity contribution < 1.29 is 32.0 Å². The van der Waals surface area contributed by atoms with E-state index in [2.05, 4.69) is 20.3 Å². The fourth-order valence-corrected chi connectivity index (χ4v) is 7.99. The number of rotatable bonds is 7. The number of anilines is 1. The number of oxazole rings is 1. The van der Waals surface area contributed by atoms with E-state index in [9.17, 15) is 22.8 Å². The summed E-state index contributed by atoms with van der Waals surface area (Å²) in [5, 5.41) is 5.70. The molecule has 1 aromatic heterocycles. The van der Waals surface area contributed by atoms with E-state index in [4.69, 9.17) is 9.15 Å². The zero-order chi connectivity index (χ0) is 32.6. The second kappa shape index (κ2) is 12.7. The Balaban J connectivity index is 1.18. The highest BCUT2D eigenvalue weighted by Gasteiger charge is 2.62. The van der Waals surface area contributed by atoms with Gasteiger partial charge in [-0.15, -0.1) is 0 Å². The molecule has 13 heteroatoms. The number of aromatic nitrogens is 1. The normalized spacial score (nSPS) is 29.1. The first-order valence-electron chi connectivity index (χ1n) is 16.4. The number of nitrogens with zero attached hydrogens (tertiary/aromatic N) is 2. The lowest BCUT2D eigenvalue weighted by Gasteiger charge is -2.30. The second-order valence-electron chi connectivity index (χ2n) is 13.0. The van der Waals surface area contributed by atoms with Crippen LogP contribution in [0.3, 0.4) is 0 Å². The van der Waals surface area contributed by atoms with E-state index in [0.717, 1.165) is 31.4 Å². The predicted molar refractivity (Wildman–Crippen MR) is 174 cm³/mol. The van der Waals surface area contributed by atoms with Gasteiger partial charge in [-0.1, -0.05) is 55.3 Å². The summed E-state index contributed by atoms with van der Waals surface area (Å²) in [4.78, 5) is 48.0. The fraction of sp³-hybridized carbons (Fsp3) is 0.471. The van der Waals surface area contributed by atoms with Crippen LogP contribution in [-0.4, -0.2) is 71.5 Å². The standard InChI is InChI=1S/C34H39N5O7S/c40-30-28-19-24(45-33-36-26-14-9-10-16-29(26)46-33)21-39(28)31(41)27(35-23-12-6-4-7-13-23)15-8-3-1-2-5-11-22-20-34(22,37-30)32(42)38-47(43,44)25-17-18-25/h4-7,9-14,16,22,24-25,27-28,35H,1-3,8,15,17-21H2,(H,37,40)(H,38,42)/b11-5-/t22-,24-,27+,28+,34-/m1/s1. The average Bonchev–Trinajstić information content (AvgIpc) is 3.95. The monoisotopic (exact) mass is 661 g/mol. The van der Waals surface area contributed by atoms with Gasteiger partial charge in [0, 0.05) is 18.0 Å². The number of benzene rings is 2. The maximum absolute atomic E-state index is 14.3. The van der Waals surface area contributed by atoms with Gasteiger partial charge in [0.05, 0.1) is 11.8 Å². The molecular weight excluding hydrogens is 622 g/mol. The molecule has 2 saturated carbocycles. The molecule has 0 unspecified atom stereocenters. The summed E-state index contributed by atoms with van der Waals surface area (Å²) < 4.78 is 39.6. The number of para-hydroxylation sites is 3. The van der Waals surface area contributed by atoms with Crippen molar-refractivity contribution >= 4 is 44.5 Å². The van der Waals surface area contributed by atoms with Crippen LogP contribution < -0.4 is 20.1 Å². The van der Waals surface area contributed by atoms with Gasteiger partial charge in [0.1, 0.15) is 29.2 Å². The Morgan fingerprint density at radius 3 is 2.60 bits per heavy atom. The molecule has 2 aliphatic carbocycles. The molecule has 3 amide bonds. The topological polar surface area (TPSA) is 160 Å². The molecule has 248 valence electrons. The Kier molecular flexibility index (Phi) is 8.41. The molecule has 47 heavy (non-hydrogen) atoms. The predicted octanol–water partition coefficient (Wildman–Crippen LogP) is 3.66. The van der Waals surface area contributed by atoms with Crippen molar-refractivity contribution in [2.24, 2.45) is 5.92 Å². The third-order valence-electron chi connectivity index (χ3n) is 9.50. The highest BCUT2D eigenvalue weighted by Crippen LogP contribution is 2.46. The molecule has 3 heterocycles. The highest BCUT2D eigenvalue weighted by molar-refractivity contribution is 7.91. The zero-order valence-corrected chi connectivity index (χ0v) is 26.8. The van der Waals surface area contributed by atoms with Crippen LogP contribution in [0.25, 0.3) is 11.1 Å². The summed E-state index contributed by atoms with van der Waals surface area (Å²) in [6.45, 7) is 0.0984. The number of ether oxygens (including phenoxy) is 1. The lowest BCUT2D eigenvalue weighted by Crippen LogP contribution is -2.57. The summed E-state index contributed by atoms with van der Waals surface area (Å²) in [5.41, 5.74) is 0.543. The largest absolute Gasteiger partial charge is 0.445 e. The van der Waals surface area contributed by atoms with Gasteiger partial charge in [-0.2, -0.15) is 4.98 Å². The van der Waals surface area contributed by atoms with Crippen LogP contribution in [0.5, 0.6) is 6.08 Å². The van der Waals surface area contributed by atoms with Crippen molar-refractivity contribution in [1.29, 1.82) is 0 Å². The summed E-state index contributed by atoms with van der Waals surface area (Å²) in [6, 6.07) is 15.1. The van der Waals surface area contributed by atoms with Crippen LogP contribution in [0.1, 0.15) is 57.8 Å². The maximum atomic E-state index is 14.3. The Morgan fingerprint density at radius 2 is 1.81 bits per heavy atom. The highest BCUT2D eigenvalue weighted by atomic mass is 32.2. The van der Waals surface area contributed by atoms with Crippen molar-refractivity contribution in [3.8, 4) is 6.08 Å². The first-order valence-corrected chi connectivity index (χ1v) is 18.0. The number of allylic oxidation sites excluding steroid dienone is 1. The van der Waals surface area contributed by atoms with Crippen LogP contribution in [0.4, 0.5) is 5.69 Å². The number of fused-ring (bicyclic) bond motifs is 3. The van der Waals surface area contributed by atoms with Gasteiger partial charge in [-0.25, -0.2) is 8.42 Å². The molecule has 0 radical (unpaired) electrons. The Bertz CT molecular complexity index is 1760. The smallest absolute Gasteiger partial charge is 0.394 e. The maximum Gasteiger partial charge on any atom is 0.394 e. The van der Waals surface area contributed by atoms with E-state index < -0.39 is 50.8 Å². The number of hydrogen-bond donors (Lipinski definition) is 3. The number of carbonyl (C=O) groups is 3. The van der Waals surface area contributed by atoms with Gasteiger partial charge < -0.3 is 24.7 Å². The van der Waals surface area contributed by atoms with Crippen molar-refractivity contribution in [2.75, 3.05) is 11.9 Å². The van der Waals surface area contributed by atoms with Crippen molar-refractivity contribution in [3.05, 3.63) is 66.7 Å². The van der Waals surface area contributed by atoms with E-state index in [0.29, 0.717) is 30.4 Å². The van der Waals surface area contributed by atoms with Gasteiger partial charge >= 0.3 is 6.08 Å². The van der Waals surface area contributed by atoms with E-state index in [1.807, 2.05) is 54.6 Å². The van der Waals surface area contributed by atoms with Gasteiger partial charge in [0.2, 0.25) is 21.8 Å². The number of hydrogen-bond acceptors (Lipinski definition) is 9. The van der Waals surface area contributed by atoms with Crippen LogP contribution in [0.15, 0.2) is 71.2 Å². The first-order chi connectivity index (χ1) is 22.7. The summed E-state index contributed by atoms with van der Waals surface area (Å²) in [5.74, 6) is -1.90. The van der Waals surface area contributed by atoms with E-state index >= 15 is 0 Å². The van der Waals surface area contributed by atoms with Gasteiger partial charge in [0.25, 0.3) is 5.91 Å². The number of sulfonamides is 1. The van der Waals surface area contributed by atoms with Gasteiger partial charge in [-0.05, 0) is 62.8 Å². The minimum Gasteiger partial charge on any atom is -0.445 e. The Morgan fingerprint density at radius 1 is 1.02 bits per heavy atom. The molecule has 3 fully saturated rings. The molecule has 1 saturated heterocycles. The molecule has 2 aliphatic heterocycles. The van der Waals surface area contributed by atoms with Crippen LogP contribution >= 0.6 is 0 Å². The van der Waals surface area contributed by atoms with Gasteiger partial charge in [-0.3, -0.25) is 19.1 Å². The molecule has 2 aromatic carbocycles. The molecule has 7 rings (SSSR count). The summed E-state index contributed by atoms with van der Waals surface area (Å²) in [6.07, 6.45) is 8.65. The number of amides is 3. The minimum atomic E-state index is -3.83. The van der Waals surface area contributed by atoms with Crippen LogP contribution in [-0.2, 0) is 24.4 Å². The minimum absolute atomic E-state index is 0.0410. The van der Waals surface area contributed by atoms with Gasteiger partial charge in [0.15, 0.2) is 5.58 Å². The molecule has 12 nitrogen and oxygen atoms in total. The number of carbonyl (C=O) groups excluding carboxylic acids is 3. The Hall–Kier alpha value is -4.39. The fourth-order valence-electron chi connectivity index (χ4n) is 6.63. The van der Waals surface area contributed by atoms with Crippen LogP contribution in [0.2, 0.25) is 0 Å². The number of nitrogens with one attached hydrogen (secondary N) is 3. The van der Waals surface area contributed by atoms with E-state index in [-0.39, 0.29) is 37.3 Å². The Labute approximate surface area is 273 Å². The molecular formula is C34H39N5O7S. The van der Waals surface area contributed by atoms with Crippen molar-refractivity contribution in [3.63, 3.8) is 0 Å². The molecule has 3 aromatic rings. The summed E-state index contributed by atoms with van der Waals surface area (Å²) in [7, 11) is -3.83. The molecule has 0 bridgehead atoms. The lowest BCUT2D eigenvalue weighted by molar-refractivity contribution is -0.140. The summed E-state index contributed by atoms with van der Waals surface area (Å²) >= 11 is 0. The van der Waals surface area contributed by atoms with Crippen LogP contribution in [0, 0.1) is 5.92 Å². The van der Waals surface area contributed by atoms with Crippen molar-refractivity contribution in [1.82, 2.24) is 19.9 Å². The lowest BCUT2D eigenvalue weighted by atomic mass is 10.0. The average molecular weight is 662 g/mol. The second-order valence-corrected chi connectivity index (χ2v) is 15.0. The SMILES string of the molecule is O=C1N[C@]2(C(=O)NS(=O)(=O)C3CC3)C[C@H]2/C=C\CCCCC[C@H](Nc2ccccc2)C(=O)N2C[C@H](Oc3nc4ccccc4o3)C[C@@H]12. The molecule has 4 aliphatic rings. The molecule has 0 spiro atoms.